The Morgan fingerprint density at radius 1 is 0.565 bits per heavy atom. The molecule has 3 heteroatoms. The van der Waals surface area contributed by atoms with Crippen molar-refractivity contribution in [1.29, 1.82) is 0 Å². The zero-order valence-corrected chi connectivity index (χ0v) is 30.5. The smallest absolute Gasteiger partial charge is 0.112 e. The van der Waals surface area contributed by atoms with E-state index >= 15 is 0 Å². The Morgan fingerprint density at radius 2 is 0.957 bits per heavy atom. The molecule has 0 heterocycles. The van der Waals surface area contributed by atoms with E-state index in [0.717, 1.165) is 17.8 Å². The van der Waals surface area contributed by atoms with Crippen LogP contribution in [0.4, 0.5) is 5.69 Å². The first-order valence-electron chi connectivity index (χ1n) is 17.5. The van der Waals surface area contributed by atoms with Crippen LogP contribution in [0.1, 0.15) is 90.2 Å². The lowest BCUT2D eigenvalue weighted by molar-refractivity contribution is 0.582. The standard InChI is InChI=1S/C37H46N2P.2C2H6.C2H4/c1-31-21-20-28-36(37(31)32(2)38)39-29-18-7-5-3-4-6-8-19-30-40(33-22-12-9-13-23-33,34-24-14-10-15-25-34)35-26-16-11-17-27-35;3*1-2/h9-17,20-28,39H,2-8,18-19,29-30,38H2,1H3;2*1-2H3;1-2H2/q+1;;;. The zero-order chi connectivity index (χ0) is 34.0. The van der Waals surface area contributed by atoms with Crippen molar-refractivity contribution in [2.75, 3.05) is 18.0 Å². The average Bonchev–Trinajstić information content (AvgIpc) is 3.12. The minimum absolute atomic E-state index is 0.635. The van der Waals surface area contributed by atoms with Crippen molar-refractivity contribution in [3.63, 3.8) is 0 Å². The van der Waals surface area contributed by atoms with Crippen LogP contribution in [0.15, 0.2) is 129 Å². The summed E-state index contributed by atoms with van der Waals surface area (Å²) in [5.74, 6) is 0. The zero-order valence-electron chi connectivity index (χ0n) is 29.6. The van der Waals surface area contributed by atoms with Crippen LogP contribution in [-0.4, -0.2) is 12.7 Å². The molecular formula is C43H62N2P+. The normalized spacial score (nSPS) is 10.2. The minimum atomic E-state index is -1.69. The second kappa shape index (κ2) is 24.6. The van der Waals surface area contributed by atoms with E-state index in [0.29, 0.717) is 5.70 Å². The molecule has 0 amide bonds. The van der Waals surface area contributed by atoms with Gasteiger partial charge in [0.15, 0.2) is 0 Å². The van der Waals surface area contributed by atoms with Gasteiger partial charge in [-0.05, 0) is 74.2 Å². The van der Waals surface area contributed by atoms with Crippen molar-refractivity contribution in [3.8, 4) is 0 Å². The van der Waals surface area contributed by atoms with E-state index in [1.54, 1.807) is 0 Å². The number of hydrogen-bond acceptors (Lipinski definition) is 2. The summed E-state index contributed by atoms with van der Waals surface area (Å²) in [5.41, 5.74) is 9.99. The summed E-state index contributed by atoms with van der Waals surface area (Å²) in [6.07, 6.45) is 11.5. The SMILES string of the molecule is C=C.C=C(N)c1c(C)cccc1NCCCCCCCCCC[P+](c1ccccc1)(c1ccccc1)c1ccccc1.CC.CC. The lowest BCUT2D eigenvalue weighted by Gasteiger charge is -2.27. The van der Waals surface area contributed by atoms with Gasteiger partial charge < -0.3 is 11.1 Å². The Balaban J connectivity index is 0.00000166. The largest absolute Gasteiger partial charge is 0.399 e. The van der Waals surface area contributed by atoms with E-state index < -0.39 is 7.26 Å². The first-order chi connectivity index (χ1) is 22.6. The number of benzene rings is 4. The Hall–Kier alpha value is -3.61. The topological polar surface area (TPSA) is 38.0 Å². The predicted octanol–water partition coefficient (Wildman–Crippen LogP) is 11.3. The molecule has 0 aliphatic carbocycles. The number of nitrogens with two attached hydrogens (primary N) is 1. The molecule has 0 saturated carbocycles. The molecule has 4 aromatic carbocycles. The number of anilines is 1. The molecule has 0 aliphatic rings. The van der Waals surface area contributed by atoms with Gasteiger partial charge in [-0.25, -0.2) is 0 Å². The average molecular weight is 638 g/mol. The van der Waals surface area contributed by atoms with E-state index in [-0.39, 0.29) is 0 Å². The molecule has 0 aliphatic heterocycles. The Kier molecular flexibility index (Phi) is 21.6. The second-order valence-electron chi connectivity index (χ2n) is 10.8. The van der Waals surface area contributed by atoms with Gasteiger partial charge in [-0.1, -0.05) is 133 Å². The quantitative estimate of drug-likeness (QED) is 0.0729. The Labute approximate surface area is 283 Å². The van der Waals surface area contributed by atoms with Gasteiger partial charge >= 0.3 is 0 Å². The summed E-state index contributed by atoms with van der Waals surface area (Å²) in [6.45, 7) is 21.0. The van der Waals surface area contributed by atoms with Gasteiger partial charge in [0.25, 0.3) is 0 Å². The molecule has 2 nitrogen and oxygen atoms in total. The highest BCUT2D eigenvalue weighted by Gasteiger charge is 2.44. The third-order valence-electron chi connectivity index (χ3n) is 7.92. The molecule has 46 heavy (non-hydrogen) atoms. The van der Waals surface area contributed by atoms with Gasteiger partial charge in [-0.3, -0.25) is 0 Å². The molecule has 4 rings (SSSR count). The highest BCUT2D eigenvalue weighted by molar-refractivity contribution is 7.95. The maximum absolute atomic E-state index is 6.01. The number of hydrogen-bond donors (Lipinski definition) is 2. The maximum atomic E-state index is 6.01. The van der Waals surface area contributed by atoms with Crippen LogP contribution >= 0.6 is 7.26 Å². The van der Waals surface area contributed by atoms with Crippen LogP contribution in [0, 0.1) is 6.92 Å². The van der Waals surface area contributed by atoms with Crippen LogP contribution in [0.5, 0.6) is 0 Å². The predicted molar refractivity (Wildman–Crippen MR) is 214 cm³/mol. The summed E-state index contributed by atoms with van der Waals surface area (Å²) in [4.78, 5) is 0. The van der Waals surface area contributed by atoms with Gasteiger partial charge in [0.05, 0.1) is 6.16 Å². The van der Waals surface area contributed by atoms with Crippen molar-refractivity contribution < 1.29 is 0 Å². The monoisotopic (exact) mass is 637 g/mol. The van der Waals surface area contributed by atoms with Gasteiger partial charge in [0.1, 0.15) is 23.2 Å². The number of aryl methyl sites for hydroxylation is 1. The maximum Gasteiger partial charge on any atom is 0.112 e. The summed E-state index contributed by atoms with van der Waals surface area (Å²) in [6, 6.07) is 40.1. The van der Waals surface area contributed by atoms with E-state index in [1.807, 2.05) is 27.7 Å². The van der Waals surface area contributed by atoms with Crippen LogP contribution in [0.3, 0.4) is 0 Å². The second-order valence-corrected chi connectivity index (χ2v) is 14.4. The van der Waals surface area contributed by atoms with Crippen molar-refractivity contribution >= 4 is 34.6 Å². The highest BCUT2D eigenvalue weighted by Crippen LogP contribution is 2.56. The Morgan fingerprint density at radius 3 is 1.37 bits per heavy atom. The van der Waals surface area contributed by atoms with Gasteiger partial charge in [0.2, 0.25) is 0 Å². The summed E-state index contributed by atoms with van der Waals surface area (Å²) in [5, 5.41) is 8.06. The molecule has 0 bridgehead atoms. The molecule has 0 unspecified atom stereocenters. The first-order valence-corrected chi connectivity index (χ1v) is 19.4. The van der Waals surface area contributed by atoms with Gasteiger partial charge in [0, 0.05) is 23.5 Å². The molecule has 0 radical (unpaired) electrons. The van der Waals surface area contributed by atoms with Crippen LogP contribution in [0.25, 0.3) is 5.70 Å². The molecule has 0 fully saturated rings. The molecule has 4 aromatic rings. The summed E-state index contributed by atoms with van der Waals surface area (Å²) in [7, 11) is -1.69. The van der Waals surface area contributed by atoms with Crippen LogP contribution < -0.4 is 27.0 Å². The molecule has 0 atom stereocenters. The van der Waals surface area contributed by atoms with Crippen molar-refractivity contribution in [2.45, 2.75) is 86.0 Å². The molecule has 3 N–H and O–H groups in total. The van der Waals surface area contributed by atoms with Crippen molar-refractivity contribution in [2.24, 2.45) is 5.73 Å². The lowest BCUT2D eigenvalue weighted by Crippen LogP contribution is -2.33. The number of unbranched alkanes of at least 4 members (excludes halogenated alkanes) is 7. The summed E-state index contributed by atoms with van der Waals surface area (Å²) >= 11 is 0. The summed E-state index contributed by atoms with van der Waals surface area (Å²) < 4.78 is 0. The van der Waals surface area contributed by atoms with E-state index in [9.17, 15) is 0 Å². The lowest BCUT2D eigenvalue weighted by atomic mass is 10.0. The third-order valence-corrected chi connectivity index (χ3v) is 12.4. The fraction of sp³-hybridized carbons (Fsp3) is 0.349. The van der Waals surface area contributed by atoms with Gasteiger partial charge in [-0.2, -0.15) is 0 Å². The minimum Gasteiger partial charge on any atom is -0.399 e. The van der Waals surface area contributed by atoms with E-state index in [4.69, 9.17) is 5.73 Å². The molecule has 248 valence electrons. The number of nitrogens with one attached hydrogen (secondary N) is 1. The van der Waals surface area contributed by atoms with Gasteiger partial charge in [-0.15, -0.1) is 13.2 Å². The van der Waals surface area contributed by atoms with Crippen molar-refractivity contribution in [3.05, 3.63) is 140 Å². The molecular weight excluding hydrogens is 575 g/mol. The van der Waals surface area contributed by atoms with E-state index in [2.05, 4.69) is 141 Å². The fourth-order valence-corrected chi connectivity index (χ4v) is 10.3. The fourth-order valence-electron chi connectivity index (χ4n) is 5.88. The van der Waals surface area contributed by atoms with Crippen LogP contribution in [-0.2, 0) is 0 Å². The Bertz CT molecular complexity index is 1220. The third kappa shape index (κ3) is 12.3. The molecule has 0 spiro atoms. The highest BCUT2D eigenvalue weighted by atomic mass is 31.2. The molecule has 0 saturated heterocycles. The first kappa shape index (κ1) is 40.4. The molecule has 0 aromatic heterocycles. The number of rotatable bonds is 16. The van der Waals surface area contributed by atoms with Crippen LogP contribution in [0.2, 0.25) is 0 Å². The van der Waals surface area contributed by atoms with Crippen molar-refractivity contribution in [1.82, 2.24) is 0 Å². The van der Waals surface area contributed by atoms with E-state index in [1.165, 1.54) is 79.0 Å².